The van der Waals surface area contributed by atoms with Gasteiger partial charge in [-0.1, -0.05) is 6.42 Å². The Labute approximate surface area is 109 Å². The molecule has 1 saturated carbocycles. The summed E-state index contributed by atoms with van der Waals surface area (Å²) in [4.78, 5) is 13.9. The molecule has 3 unspecified atom stereocenters. The number of rotatable bonds is 4. The SMILES string of the molecule is CC1COCCN1CCC1CCCC1(N)C(N)=O. The second kappa shape index (κ2) is 5.55. The summed E-state index contributed by atoms with van der Waals surface area (Å²) in [6.45, 7) is 5.74. The van der Waals surface area contributed by atoms with E-state index in [1.807, 2.05) is 0 Å². The largest absolute Gasteiger partial charge is 0.379 e. The molecule has 3 atom stereocenters. The fourth-order valence-electron chi connectivity index (χ4n) is 3.24. The van der Waals surface area contributed by atoms with Gasteiger partial charge in [-0.2, -0.15) is 0 Å². The van der Waals surface area contributed by atoms with E-state index in [9.17, 15) is 4.79 Å². The van der Waals surface area contributed by atoms with E-state index in [0.717, 1.165) is 52.0 Å². The summed E-state index contributed by atoms with van der Waals surface area (Å²) in [7, 11) is 0. The highest BCUT2D eigenvalue weighted by Gasteiger charge is 2.44. The summed E-state index contributed by atoms with van der Waals surface area (Å²) < 4.78 is 5.42. The second-order valence-corrected chi connectivity index (χ2v) is 5.74. The first-order valence-electron chi connectivity index (χ1n) is 6.94. The van der Waals surface area contributed by atoms with E-state index in [1.54, 1.807) is 0 Å². The van der Waals surface area contributed by atoms with Crippen molar-refractivity contribution in [2.75, 3.05) is 26.3 Å². The molecule has 5 nitrogen and oxygen atoms in total. The van der Waals surface area contributed by atoms with Crippen molar-refractivity contribution in [3.63, 3.8) is 0 Å². The highest BCUT2D eigenvalue weighted by Crippen LogP contribution is 2.36. The third-order valence-corrected chi connectivity index (χ3v) is 4.60. The fourth-order valence-corrected chi connectivity index (χ4v) is 3.24. The number of primary amides is 1. The maximum Gasteiger partial charge on any atom is 0.237 e. The number of amides is 1. The molecule has 0 aromatic carbocycles. The topological polar surface area (TPSA) is 81.6 Å². The van der Waals surface area contributed by atoms with Crippen molar-refractivity contribution in [2.45, 2.75) is 44.2 Å². The molecule has 0 radical (unpaired) electrons. The minimum atomic E-state index is -0.768. The van der Waals surface area contributed by atoms with Crippen LogP contribution in [0.3, 0.4) is 0 Å². The zero-order valence-electron chi connectivity index (χ0n) is 11.2. The Kier molecular flexibility index (Phi) is 4.25. The van der Waals surface area contributed by atoms with E-state index in [2.05, 4.69) is 11.8 Å². The van der Waals surface area contributed by atoms with Crippen LogP contribution >= 0.6 is 0 Å². The van der Waals surface area contributed by atoms with E-state index in [0.29, 0.717) is 6.04 Å². The van der Waals surface area contributed by atoms with Gasteiger partial charge < -0.3 is 16.2 Å². The van der Waals surface area contributed by atoms with E-state index in [-0.39, 0.29) is 11.8 Å². The molecular weight excluding hydrogens is 230 g/mol. The van der Waals surface area contributed by atoms with Crippen molar-refractivity contribution in [3.8, 4) is 0 Å². The van der Waals surface area contributed by atoms with Gasteiger partial charge in [0.2, 0.25) is 5.91 Å². The predicted octanol–water partition coefficient (Wildman–Crippen LogP) is 0.0801. The Morgan fingerprint density at radius 2 is 2.33 bits per heavy atom. The quantitative estimate of drug-likeness (QED) is 0.745. The van der Waals surface area contributed by atoms with Crippen LogP contribution in [0.5, 0.6) is 0 Å². The van der Waals surface area contributed by atoms with Crippen LogP contribution in [0.15, 0.2) is 0 Å². The Balaban J connectivity index is 1.87. The molecule has 5 heteroatoms. The summed E-state index contributed by atoms with van der Waals surface area (Å²) in [5.74, 6) is -0.0925. The van der Waals surface area contributed by atoms with Crippen molar-refractivity contribution < 1.29 is 9.53 Å². The third kappa shape index (κ3) is 2.68. The molecule has 104 valence electrons. The van der Waals surface area contributed by atoms with Crippen molar-refractivity contribution in [1.29, 1.82) is 0 Å². The van der Waals surface area contributed by atoms with Crippen molar-refractivity contribution in [2.24, 2.45) is 17.4 Å². The van der Waals surface area contributed by atoms with Gasteiger partial charge in [0.15, 0.2) is 0 Å². The molecule has 0 spiro atoms. The maximum absolute atomic E-state index is 11.5. The van der Waals surface area contributed by atoms with Crippen molar-refractivity contribution in [1.82, 2.24) is 4.90 Å². The number of nitrogens with two attached hydrogens (primary N) is 2. The Morgan fingerprint density at radius 3 is 3.00 bits per heavy atom. The summed E-state index contributed by atoms with van der Waals surface area (Å²) in [6.07, 6.45) is 3.75. The summed E-state index contributed by atoms with van der Waals surface area (Å²) >= 11 is 0. The number of morpholine rings is 1. The molecule has 1 heterocycles. The molecule has 1 amide bonds. The number of nitrogens with zero attached hydrogens (tertiary/aromatic N) is 1. The molecule has 1 aliphatic heterocycles. The maximum atomic E-state index is 11.5. The van der Waals surface area contributed by atoms with Crippen LogP contribution in [0.4, 0.5) is 0 Å². The number of hydrogen-bond acceptors (Lipinski definition) is 4. The zero-order chi connectivity index (χ0) is 13.2. The summed E-state index contributed by atoms with van der Waals surface area (Å²) in [5, 5.41) is 0. The highest BCUT2D eigenvalue weighted by molar-refractivity contribution is 5.85. The van der Waals surface area contributed by atoms with Crippen molar-refractivity contribution >= 4 is 5.91 Å². The molecule has 18 heavy (non-hydrogen) atoms. The molecule has 1 saturated heterocycles. The molecule has 4 N–H and O–H groups in total. The van der Waals surface area contributed by atoms with Gasteiger partial charge in [-0.05, 0) is 38.6 Å². The Bertz CT molecular complexity index is 311. The molecule has 0 bridgehead atoms. The average Bonchev–Trinajstić information content (AvgIpc) is 2.71. The minimum Gasteiger partial charge on any atom is -0.379 e. The fraction of sp³-hybridized carbons (Fsp3) is 0.923. The van der Waals surface area contributed by atoms with Gasteiger partial charge in [0.25, 0.3) is 0 Å². The van der Waals surface area contributed by atoms with E-state index in [1.165, 1.54) is 0 Å². The van der Waals surface area contributed by atoms with Gasteiger partial charge >= 0.3 is 0 Å². The number of ether oxygens (including phenoxy) is 1. The molecule has 1 aliphatic carbocycles. The monoisotopic (exact) mass is 255 g/mol. The lowest BCUT2D eigenvalue weighted by atomic mass is 9.85. The Morgan fingerprint density at radius 1 is 1.56 bits per heavy atom. The van der Waals surface area contributed by atoms with Gasteiger partial charge in [0, 0.05) is 12.6 Å². The Hall–Kier alpha value is -0.650. The number of carbonyl (C=O) groups is 1. The lowest BCUT2D eigenvalue weighted by Gasteiger charge is -2.35. The second-order valence-electron chi connectivity index (χ2n) is 5.74. The van der Waals surface area contributed by atoms with Gasteiger partial charge in [-0.15, -0.1) is 0 Å². The first-order valence-corrected chi connectivity index (χ1v) is 6.94. The first-order chi connectivity index (χ1) is 8.54. The number of carbonyl (C=O) groups excluding carboxylic acids is 1. The van der Waals surface area contributed by atoms with Crippen LogP contribution in [0.25, 0.3) is 0 Å². The van der Waals surface area contributed by atoms with Crippen LogP contribution in [0.2, 0.25) is 0 Å². The minimum absolute atomic E-state index is 0.241. The van der Waals surface area contributed by atoms with Gasteiger partial charge in [-0.25, -0.2) is 0 Å². The predicted molar refractivity (Wildman–Crippen MR) is 69.9 cm³/mol. The van der Waals surface area contributed by atoms with Gasteiger partial charge in [0.05, 0.1) is 18.8 Å². The van der Waals surface area contributed by atoms with Crippen molar-refractivity contribution in [3.05, 3.63) is 0 Å². The molecule has 0 aromatic rings. The molecule has 0 aromatic heterocycles. The standard InChI is InChI=1S/C13H25N3O2/c1-10-9-18-8-7-16(10)6-4-11-3-2-5-13(11,15)12(14)17/h10-11H,2-9,15H2,1H3,(H2,14,17). The zero-order valence-corrected chi connectivity index (χ0v) is 11.2. The van der Waals surface area contributed by atoms with E-state index < -0.39 is 5.54 Å². The third-order valence-electron chi connectivity index (χ3n) is 4.60. The van der Waals surface area contributed by atoms with Crippen LogP contribution < -0.4 is 11.5 Å². The smallest absolute Gasteiger partial charge is 0.237 e. The normalized spacial score (nSPS) is 37.9. The lowest BCUT2D eigenvalue weighted by molar-refractivity contribution is -0.124. The van der Waals surface area contributed by atoms with Crippen LogP contribution in [-0.2, 0) is 9.53 Å². The van der Waals surface area contributed by atoms with Crippen LogP contribution in [0, 0.1) is 5.92 Å². The molecule has 2 aliphatic rings. The van der Waals surface area contributed by atoms with E-state index >= 15 is 0 Å². The summed E-state index contributed by atoms with van der Waals surface area (Å²) in [5.41, 5.74) is 10.9. The summed E-state index contributed by atoms with van der Waals surface area (Å²) in [6, 6.07) is 0.459. The lowest BCUT2D eigenvalue weighted by Crippen LogP contribution is -2.55. The van der Waals surface area contributed by atoms with Crippen LogP contribution in [-0.4, -0.2) is 48.7 Å². The molecule has 2 fully saturated rings. The highest BCUT2D eigenvalue weighted by atomic mass is 16.5. The van der Waals surface area contributed by atoms with Gasteiger partial charge in [-0.3, -0.25) is 9.69 Å². The van der Waals surface area contributed by atoms with Gasteiger partial charge in [0.1, 0.15) is 0 Å². The average molecular weight is 255 g/mol. The first kappa shape index (κ1) is 13.8. The van der Waals surface area contributed by atoms with E-state index in [4.69, 9.17) is 16.2 Å². The molecular formula is C13H25N3O2. The molecule has 2 rings (SSSR count). The van der Waals surface area contributed by atoms with Crippen LogP contribution in [0.1, 0.15) is 32.6 Å². The number of hydrogen-bond donors (Lipinski definition) is 2.